The van der Waals surface area contributed by atoms with Crippen LogP contribution in [0.1, 0.15) is 0 Å². The van der Waals surface area contributed by atoms with Gasteiger partial charge in [0.2, 0.25) is 0 Å². The average Bonchev–Trinajstić information content (AvgIpc) is 3.39. The normalized spacial score (nSPS) is 11.2. The van der Waals surface area contributed by atoms with Gasteiger partial charge in [-0.25, -0.2) is 14.8 Å². The first-order valence-corrected chi connectivity index (χ1v) is 16.0. The largest absolute Gasteiger partial charge is 0.328 e. The number of aryl methyl sites for hydroxylation is 2. The Kier molecular flexibility index (Phi) is 7.35. The molecule has 0 aliphatic carbocycles. The van der Waals surface area contributed by atoms with Crippen LogP contribution in [0.15, 0.2) is 163 Å². The first-order chi connectivity index (χ1) is 23.5. The minimum absolute atomic E-state index is 0.0211. The van der Waals surface area contributed by atoms with Gasteiger partial charge in [-0.3, -0.25) is 9.13 Å². The van der Waals surface area contributed by atoms with Crippen molar-refractivity contribution in [2.45, 2.75) is 0 Å². The Labute approximate surface area is 279 Å². The van der Waals surface area contributed by atoms with Gasteiger partial charge in [0.15, 0.2) is 5.82 Å². The molecule has 0 N–H and O–H groups in total. The molecule has 0 spiro atoms. The van der Waals surface area contributed by atoms with Crippen LogP contribution in [-0.2, 0) is 14.1 Å². The van der Waals surface area contributed by atoms with E-state index in [2.05, 4.69) is 97.1 Å². The maximum Gasteiger partial charge on any atom is 0.328 e. The molecule has 5 heteroatoms. The SMILES string of the molecule is Cn1c(=O)n(C)c2c(-c3ccc(-c4ccc(-c5ccc(-c6cc(-c7ccccc7)nc(-c7ccccc7)n6)cc5)cc4)cc3)cccc21. The summed E-state index contributed by atoms with van der Waals surface area (Å²) in [5.74, 6) is 0.711. The molecular weight excluding hydrogens is 589 g/mol. The van der Waals surface area contributed by atoms with Crippen LogP contribution in [0.2, 0.25) is 0 Å². The van der Waals surface area contributed by atoms with Crippen LogP contribution in [0.4, 0.5) is 0 Å². The molecule has 230 valence electrons. The topological polar surface area (TPSA) is 52.7 Å². The van der Waals surface area contributed by atoms with Gasteiger partial charge in [-0.15, -0.1) is 0 Å². The summed E-state index contributed by atoms with van der Waals surface area (Å²) in [5, 5.41) is 0. The number of para-hydroxylation sites is 1. The molecule has 0 fully saturated rings. The van der Waals surface area contributed by atoms with Crippen LogP contribution in [0.3, 0.4) is 0 Å². The number of nitrogens with zero attached hydrogens (tertiary/aromatic N) is 4. The molecule has 2 heterocycles. The number of hydrogen-bond donors (Lipinski definition) is 0. The Morgan fingerprint density at radius 2 is 0.854 bits per heavy atom. The van der Waals surface area contributed by atoms with Crippen LogP contribution in [0, 0.1) is 0 Å². The van der Waals surface area contributed by atoms with Crippen molar-refractivity contribution >= 4 is 11.0 Å². The van der Waals surface area contributed by atoms with Gasteiger partial charge < -0.3 is 0 Å². The third kappa shape index (κ3) is 5.31. The molecule has 0 saturated heterocycles. The lowest BCUT2D eigenvalue weighted by molar-refractivity contribution is 0.795. The van der Waals surface area contributed by atoms with E-state index in [0.717, 1.165) is 72.5 Å². The van der Waals surface area contributed by atoms with E-state index < -0.39 is 0 Å². The summed E-state index contributed by atoms with van der Waals surface area (Å²) >= 11 is 0. The maximum atomic E-state index is 12.6. The smallest absolute Gasteiger partial charge is 0.295 e. The molecule has 48 heavy (non-hydrogen) atoms. The van der Waals surface area contributed by atoms with E-state index in [9.17, 15) is 4.79 Å². The van der Waals surface area contributed by atoms with Crippen molar-refractivity contribution in [3.8, 4) is 67.3 Å². The molecule has 8 rings (SSSR count). The molecule has 8 aromatic rings. The minimum Gasteiger partial charge on any atom is -0.295 e. The third-order valence-corrected chi connectivity index (χ3v) is 9.04. The molecule has 0 aliphatic heterocycles. The van der Waals surface area contributed by atoms with Crippen molar-refractivity contribution in [3.63, 3.8) is 0 Å². The van der Waals surface area contributed by atoms with Gasteiger partial charge in [-0.05, 0) is 39.9 Å². The van der Waals surface area contributed by atoms with Crippen LogP contribution in [0.25, 0.3) is 78.3 Å². The van der Waals surface area contributed by atoms with Crippen LogP contribution < -0.4 is 5.69 Å². The zero-order chi connectivity index (χ0) is 32.6. The highest BCUT2D eigenvalue weighted by molar-refractivity contribution is 5.93. The van der Waals surface area contributed by atoms with Gasteiger partial charge in [-0.2, -0.15) is 0 Å². The number of fused-ring (bicyclic) bond motifs is 1. The van der Waals surface area contributed by atoms with E-state index in [1.54, 1.807) is 9.13 Å². The van der Waals surface area contributed by atoms with Crippen molar-refractivity contribution in [2.75, 3.05) is 0 Å². The summed E-state index contributed by atoms with van der Waals surface area (Å²) in [6.07, 6.45) is 0. The second kappa shape index (κ2) is 12.1. The van der Waals surface area contributed by atoms with Crippen LogP contribution in [-0.4, -0.2) is 19.1 Å². The van der Waals surface area contributed by atoms with Gasteiger partial charge in [-0.1, -0.05) is 146 Å². The lowest BCUT2D eigenvalue weighted by Crippen LogP contribution is -2.19. The predicted molar refractivity (Wildman–Crippen MR) is 196 cm³/mol. The molecule has 0 aliphatic rings. The summed E-state index contributed by atoms with van der Waals surface area (Å²) in [6.45, 7) is 0. The Hall–Kier alpha value is -6.33. The van der Waals surface area contributed by atoms with E-state index in [-0.39, 0.29) is 5.69 Å². The lowest BCUT2D eigenvalue weighted by Gasteiger charge is -2.10. The lowest BCUT2D eigenvalue weighted by atomic mass is 9.97. The second-order valence-electron chi connectivity index (χ2n) is 12.0. The minimum atomic E-state index is -0.0211. The quantitative estimate of drug-likeness (QED) is 0.186. The van der Waals surface area contributed by atoms with Crippen molar-refractivity contribution < 1.29 is 0 Å². The summed E-state index contributed by atoms with van der Waals surface area (Å²) in [5.41, 5.74) is 13.4. The highest BCUT2D eigenvalue weighted by Gasteiger charge is 2.14. The number of aromatic nitrogens is 4. The first-order valence-electron chi connectivity index (χ1n) is 16.0. The van der Waals surface area contributed by atoms with E-state index in [1.165, 1.54) is 0 Å². The van der Waals surface area contributed by atoms with Gasteiger partial charge in [0.25, 0.3) is 0 Å². The van der Waals surface area contributed by atoms with Crippen molar-refractivity contribution in [1.29, 1.82) is 0 Å². The Balaban J connectivity index is 1.06. The summed E-state index contributed by atoms with van der Waals surface area (Å²) in [4.78, 5) is 22.4. The van der Waals surface area contributed by atoms with Crippen molar-refractivity contribution in [1.82, 2.24) is 19.1 Å². The van der Waals surface area contributed by atoms with Gasteiger partial charge in [0.05, 0.1) is 22.4 Å². The van der Waals surface area contributed by atoms with E-state index >= 15 is 0 Å². The molecule has 6 aromatic carbocycles. The molecule has 5 nitrogen and oxygen atoms in total. The van der Waals surface area contributed by atoms with Crippen LogP contribution >= 0.6 is 0 Å². The summed E-state index contributed by atoms with van der Waals surface area (Å²) in [6, 6.07) is 54.3. The molecule has 0 radical (unpaired) electrons. The fourth-order valence-corrected chi connectivity index (χ4v) is 6.41. The first kappa shape index (κ1) is 29.1. The molecule has 0 amide bonds. The number of rotatable bonds is 6. The fraction of sp³-hybridized carbons (Fsp3) is 0.0465. The fourth-order valence-electron chi connectivity index (χ4n) is 6.41. The highest BCUT2D eigenvalue weighted by Crippen LogP contribution is 2.32. The molecule has 0 atom stereocenters. The number of hydrogen-bond acceptors (Lipinski definition) is 3. The maximum absolute atomic E-state index is 12.6. The predicted octanol–water partition coefficient (Wildman–Crippen LogP) is 9.67. The van der Waals surface area contributed by atoms with Crippen molar-refractivity contribution in [2.24, 2.45) is 14.1 Å². The monoisotopic (exact) mass is 620 g/mol. The van der Waals surface area contributed by atoms with Crippen molar-refractivity contribution in [3.05, 3.63) is 168 Å². The van der Waals surface area contributed by atoms with E-state index in [4.69, 9.17) is 9.97 Å². The van der Waals surface area contributed by atoms with Gasteiger partial charge >= 0.3 is 5.69 Å². The number of imidazole rings is 1. The standard InChI is InChI=1S/C43H32N4O/c1-46-40-15-9-14-37(41(40)47(2)43(46)48)33-24-20-31(21-25-33)29-16-18-30(19-17-29)32-22-26-35(27-23-32)39-28-38(34-10-5-3-6-11-34)44-42(45-39)36-12-7-4-8-13-36/h3-28H,1-2H3. The summed E-state index contributed by atoms with van der Waals surface area (Å²) < 4.78 is 3.42. The summed E-state index contributed by atoms with van der Waals surface area (Å²) in [7, 11) is 3.65. The van der Waals surface area contributed by atoms with E-state index in [1.807, 2.05) is 74.8 Å². The molecular formula is C43H32N4O. The average molecular weight is 621 g/mol. The second-order valence-corrected chi connectivity index (χ2v) is 12.0. The molecule has 2 aromatic heterocycles. The molecule has 0 saturated carbocycles. The Morgan fingerprint density at radius 3 is 1.38 bits per heavy atom. The number of benzene rings is 6. The third-order valence-electron chi connectivity index (χ3n) is 9.04. The Bertz CT molecular complexity index is 2380. The van der Waals surface area contributed by atoms with Gasteiger partial charge in [0, 0.05) is 36.3 Å². The van der Waals surface area contributed by atoms with Gasteiger partial charge in [0.1, 0.15) is 0 Å². The molecule has 0 unspecified atom stereocenters. The molecule has 0 bridgehead atoms. The highest BCUT2D eigenvalue weighted by atomic mass is 16.1. The zero-order valence-electron chi connectivity index (χ0n) is 26.7. The van der Waals surface area contributed by atoms with Crippen LogP contribution in [0.5, 0.6) is 0 Å². The zero-order valence-corrected chi connectivity index (χ0v) is 26.7. The van der Waals surface area contributed by atoms with E-state index in [0.29, 0.717) is 5.82 Å². The Morgan fingerprint density at radius 1 is 0.417 bits per heavy atom.